The van der Waals surface area contributed by atoms with Gasteiger partial charge in [0.15, 0.2) is 5.65 Å². The Kier molecular flexibility index (Phi) is 3.86. The molecule has 0 aliphatic heterocycles. The SMILES string of the molecule is Cc1cn2cnnc2cc1C[C@H](C)COS(C)(=O)=O. The second kappa shape index (κ2) is 5.26. The molecule has 104 valence electrons. The summed E-state index contributed by atoms with van der Waals surface area (Å²) in [4.78, 5) is 0. The third-order valence-corrected chi connectivity index (χ3v) is 3.44. The van der Waals surface area contributed by atoms with E-state index in [1.807, 2.05) is 30.5 Å². The number of rotatable bonds is 5. The minimum Gasteiger partial charge on any atom is -0.289 e. The maximum atomic E-state index is 11.0. The van der Waals surface area contributed by atoms with Crippen LogP contribution in [0.3, 0.4) is 0 Å². The first-order valence-corrected chi connectivity index (χ1v) is 7.80. The van der Waals surface area contributed by atoms with Crippen molar-refractivity contribution in [2.24, 2.45) is 5.92 Å². The Morgan fingerprint density at radius 1 is 1.47 bits per heavy atom. The average Bonchev–Trinajstić information content (AvgIpc) is 2.73. The molecule has 0 unspecified atom stereocenters. The highest BCUT2D eigenvalue weighted by atomic mass is 32.2. The molecule has 0 aliphatic rings. The van der Waals surface area contributed by atoms with E-state index in [2.05, 4.69) is 10.2 Å². The fourth-order valence-electron chi connectivity index (χ4n) is 1.91. The molecule has 19 heavy (non-hydrogen) atoms. The van der Waals surface area contributed by atoms with Crippen molar-refractivity contribution < 1.29 is 12.6 Å². The fraction of sp³-hybridized carbons (Fsp3) is 0.500. The van der Waals surface area contributed by atoms with Crippen molar-refractivity contribution in [1.82, 2.24) is 14.6 Å². The zero-order chi connectivity index (χ0) is 14.0. The van der Waals surface area contributed by atoms with Gasteiger partial charge in [-0.05, 0) is 36.5 Å². The largest absolute Gasteiger partial charge is 0.289 e. The van der Waals surface area contributed by atoms with Crippen LogP contribution >= 0.6 is 0 Å². The van der Waals surface area contributed by atoms with Crippen LogP contribution in [0.1, 0.15) is 18.1 Å². The molecule has 2 aromatic heterocycles. The van der Waals surface area contributed by atoms with Crippen molar-refractivity contribution in [2.75, 3.05) is 12.9 Å². The summed E-state index contributed by atoms with van der Waals surface area (Å²) < 4.78 is 28.6. The molecule has 2 rings (SSSR count). The number of fused-ring (bicyclic) bond motifs is 1. The molecule has 7 heteroatoms. The quantitative estimate of drug-likeness (QED) is 0.771. The predicted octanol–water partition coefficient (Wildman–Crippen LogP) is 1.19. The van der Waals surface area contributed by atoms with E-state index in [0.29, 0.717) is 0 Å². The molecular formula is C12H17N3O3S. The lowest BCUT2D eigenvalue weighted by Gasteiger charge is -2.13. The van der Waals surface area contributed by atoms with Crippen molar-refractivity contribution >= 4 is 15.8 Å². The highest BCUT2D eigenvalue weighted by Gasteiger charge is 2.11. The van der Waals surface area contributed by atoms with Gasteiger partial charge in [-0.1, -0.05) is 6.92 Å². The van der Waals surface area contributed by atoms with E-state index >= 15 is 0 Å². The molecule has 0 spiro atoms. The molecule has 0 saturated heterocycles. The molecule has 0 aliphatic carbocycles. The summed E-state index contributed by atoms with van der Waals surface area (Å²) in [6, 6.07) is 1.97. The number of hydrogen-bond donors (Lipinski definition) is 0. The molecule has 2 aromatic rings. The van der Waals surface area contributed by atoms with Crippen molar-refractivity contribution in [1.29, 1.82) is 0 Å². The molecule has 0 radical (unpaired) electrons. The average molecular weight is 283 g/mol. The highest BCUT2D eigenvalue weighted by Crippen LogP contribution is 2.16. The molecule has 0 N–H and O–H groups in total. The van der Waals surface area contributed by atoms with Crippen LogP contribution in [0.4, 0.5) is 0 Å². The highest BCUT2D eigenvalue weighted by molar-refractivity contribution is 7.85. The normalized spacial score (nSPS) is 13.8. The Hall–Kier alpha value is -1.47. The molecule has 0 saturated carbocycles. The third-order valence-electron chi connectivity index (χ3n) is 2.88. The van der Waals surface area contributed by atoms with Crippen LogP contribution in [0.25, 0.3) is 5.65 Å². The van der Waals surface area contributed by atoms with Gasteiger partial charge < -0.3 is 0 Å². The lowest BCUT2D eigenvalue weighted by molar-refractivity contribution is 0.266. The van der Waals surface area contributed by atoms with Gasteiger partial charge in [-0.25, -0.2) is 0 Å². The molecule has 0 fully saturated rings. The molecule has 0 bridgehead atoms. The van der Waals surface area contributed by atoms with Crippen LogP contribution in [0, 0.1) is 12.8 Å². The molecule has 2 heterocycles. The minimum atomic E-state index is -3.37. The standard InChI is InChI=1S/C12H17N3O3S/c1-9(7-18-19(3,16)17)4-11-5-12-14-13-8-15(12)6-10(11)2/h5-6,8-9H,4,7H2,1-3H3/t9-/m0/s1. The van der Waals surface area contributed by atoms with E-state index < -0.39 is 10.1 Å². The zero-order valence-corrected chi connectivity index (χ0v) is 12.0. The Morgan fingerprint density at radius 2 is 2.21 bits per heavy atom. The first-order chi connectivity index (χ1) is 8.85. The number of hydrogen-bond acceptors (Lipinski definition) is 5. The first kappa shape index (κ1) is 14.0. The van der Waals surface area contributed by atoms with Crippen molar-refractivity contribution in [3.63, 3.8) is 0 Å². The number of aryl methyl sites for hydroxylation is 1. The van der Waals surface area contributed by atoms with Gasteiger partial charge >= 0.3 is 0 Å². The summed E-state index contributed by atoms with van der Waals surface area (Å²) in [5.41, 5.74) is 3.04. The van der Waals surface area contributed by atoms with Crippen LogP contribution in [0.5, 0.6) is 0 Å². The Morgan fingerprint density at radius 3 is 2.89 bits per heavy atom. The van der Waals surface area contributed by atoms with E-state index in [9.17, 15) is 8.42 Å². The van der Waals surface area contributed by atoms with Crippen LogP contribution in [-0.2, 0) is 20.7 Å². The smallest absolute Gasteiger partial charge is 0.264 e. The molecular weight excluding hydrogens is 266 g/mol. The van der Waals surface area contributed by atoms with E-state index in [1.54, 1.807) is 6.33 Å². The first-order valence-electron chi connectivity index (χ1n) is 5.98. The van der Waals surface area contributed by atoms with Crippen molar-refractivity contribution in [3.05, 3.63) is 29.7 Å². The van der Waals surface area contributed by atoms with E-state index in [-0.39, 0.29) is 12.5 Å². The summed E-state index contributed by atoms with van der Waals surface area (Å²) in [5, 5.41) is 7.84. The van der Waals surface area contributed by atoms with Gasteiger partial charge in [0.05, 0.1) is 12.9 Å². The topological polar surface area (TPSA) is 73.6 Å². The van der Waals surface area contributed by atoms with Gasteiger partial charge in [-0.3, -0.25) is 8.58 Å². The van der Waals surface area contributed by atoms with Crippen LogP contribution in [0.15, 0.2) is 18.6 Å². The van der Waals surface area contributed by atoms with Crippen LogP contribution < -0.4 is 0 Å². The lowest BCUT2D eigenvalue weighted by Crippen LogP contribution is -2.13. The summed E-state index contributed by atoms with van der Waals surface area (Å²) in [6.07, 6.45) is 5.43. The monoisotopic (exact) mass is 283 g/mol. The summed E-state index contributed by atoms with van der Waals surface area (Å²) in [7, 11) is -3.37. The molecule has 0 aromatic carbocycles. The summed E-state index contributed by atoms with van der Waals surface area (Å²) in [6.45, 7) is 4.16. The molecule has 1 atom stereocenters. The van der Waals surface area contributed by atoms with Crippen LogP contribution in [-0.4, -0.2) is 35.9 Å². The number of aromatic nitrogens is 3. The van der Waals surface area contributed by atoms with Crippen LogP contribution in [0.2, 0.25) is 0 Å². The summed E-state index contributed by atoms with van der Waals surface area (Å²) in [5.74, 6) is 0.110. The third kappa shape index (κ3) is 3.74. The molecule has 0 amide bonds. The minimum absolute atomic E-state index is 0.110. The zero-order valence-electron chi connectivity index (χ0n) is 11.2. The second-order valence-corrected chi connectivity index (χ2v) is 6.52. The van der Waals surface area contributed by atoms with Gasteiger partial charge in [-0.15, -0.1) is 10.2 Å². The maximum absolute atomic E-state index is 11.0. The van der Waals surface area contributed by atoms with E-state index in [0.717, 1.165) is 29.5 Å². The lowest BCUT2D eigenvalue weighted by atomic mass is 9.99. The van der Waals surface area contributed by atoms with Gasteiger partial charge in [0.2, 0.25) is 0 Å². The maximum Gasteiger partial charge on any atom is 0.264 e. The molecule has 6 nitrogen and oxygen atoms in total. The number of pyridine rings is 1. The van der Waals surface area contributed by atoms with Gasteiger partial charge in [0.25, 0.3) is 10.1 Å². The predicted molar refractivity (Wildman–Crippen MR) is 71.4 cm³/mol. The Labute approximate surface area is 112 Å². The second-order valence-electron chi connectivity index (χ2n) is 4.88. The number of nitrogens with zero attached hydrogens (tertiary/aromatic N) is 3. The van der Waals surface area contributed by atoms with E-state index in [1.165, 1.54) is 0 Å². The van der Waals surface area contributed by atoms with E-state index in [4.69, 9.17) is 4.18 Å². The summed E-state index contributed by atoms with van der Waals surface area (Å²) >= 11 is 0. The Bertz CT molecular complexity index is 679. The van der Waals surface area contributed by atoms with Crippen molar-refractivity contribution in [3.8, 4) is 0 Å². The Balaban J connectivity index is 2.09. The van der Waals surface area contributed by atoms with Gasteiger partial charge in [0, 0.05) is 6.20 Å². The van der Waals surface area contributed by atoms with Crippen molar-refractivity contribution in [2.45, 2.75) is 20.3 Å². The fourth-order valence-corrected chi connectivity index (χ4v) is 2.39. The van der Waals surface area contributed by atoms with Gasteiger partial charge in [-0.2, -0.15) is 8.42 Å². The van der Waals surface area contributed by atoms with Gasteiger partial charge in [0.1, 0.15) is 6.33 Å².